The van der Waals surface area contributed by atoms with Gasteiger partial charge in [-0.15, -0.1) is 0 Å². The number of ether oxygens (including phenoxy) is 1. The minimum Gasteiger partial charge on any atom is -0.374 e. The van der Waals surface area contributed by atoms with Gasteiger partial charge in [-0.1, -0.05) is 0 Å². The fraction of sp³-hybridized carbons (Fsp3) is 0.692. The molecule has 1 aromatic heterocycles. The molecule has 0 bridgehead atoms. The summed E-state index contributed by atoms with van der Waals surface area (Å²) in [5, 5.41) is 6.25. The number of halogens is 2. The quantitative estimate of drug-likeness (QED) is 0.683. The van der Waals surface area contributed by atoms with Gasteiger partial charge in [-0.25, -0.2) is 18.7 Å². The molecule has 1 heterocycles. The van der Waals surface area contributed by atoms with Crippen molar-refractivity contribution in [1.82, 2.24) is 9.97 Å². The highest BCUT2D eigenvalue weighted by atomic mass is 19.3. The first-order valence-corrected chi connectivity index (χ1v) is 6.91. The molecule has 2 N–H and O–H groups in total. The van der Waals surface area contributed by atoms with Crippen molar-refractivity contribution >= 4 is 11.6 Å². The fourth-order valence-electron chi connectivity index (χ4n) is 1.78. The second-order valence-electron chi connectivity index (χ2n) is 4.69. The summed E-state index contributed by atoms with van der Waals surface area (Å²) in [5.41, 5.74) is 0. The molecule has 7 heteroatoms. The van der Waals surface area contributed by atoms with Gasteiger partial charge in [0.2, 0.25) is 0 Å². The number of nitrogens with one attached hydrogen (secondary N) is 2. The number of hydrogen-bond acceptors (Lipinski definition) is 5. The first kappa shape index (κ1) is 14.9. The Bertz CT molecular complexity index is 427. The van der Waals surface area contributed by atoms with Gasteiger partial charge in [0, 0.05) is 25.1 Å². The van der Waals surface area contributed by atoms with Crippen LogP contribution < -0.4 is 10.6 Å². The van der Waals surface area contributed by atoms with Crippen LogP contribution in [0.5, 0.6) is 0 Å². The van der Waals surface area contributed by atoms with E-state index in [1.807, 2.05) is 13.0 Å². The van der Waals surface area contributed by atoms with E-state index in [-0.39, 0.29) is 6.61 Å². The van der Waals surface area contributed by atoms with Crippen LogP contribution in [-0.4, -0.2) is 42.7 Å². The van der Waals surface area contributed by atoms with Gasteiger partial charge in [-0.05, 0) is 19.8 Å². The van der Waals surface area contributed by atoms with Crippen LogP contribution in [0.4, 0.5) is 20.4 Å². The molecule has 0 spiro atoms. The SMILES string of the molecule is CCNc1cc(NCCOCC(F)F)nc(C2CC2)n1. The third-order valence-electron chi connectivity index (χ3n) is 2.84. The average Bonchev–Trinajstić information content (AvgIpc) is 3.22. The van der Waals surface area contributed by atoms with Crippen molar-refractivity contribution in [2.75, 3.05) is 36.9 Å². The largest absolute Gasteiger partial charge is 0.374 e. The van der Waals surface area contributed by atoms with Gasteiger partial charge in [0.1, 0.15) is 24.1 Å². The molecule has 0 aliphatic heterocycles. The maximum Gasteiger partial charge on any atom is 0.261 e. The molecule has 1 aliphatic rings. The topological polar surface area (TPSA) is 59.1 Å². The Morgan fingerprint density at radius 3 is 2.60 bits per heavy atom. The highest BCUT2D eigenvalue weighted by Gasteiger charge is 2.27. The van der Waals surface area contributed by atoms with E-state index in [1.54, 1.807) is 0 Å². The normalized spacial score (nSPS) is 14.6. The van der Waals surface area contributed by atoms with E-state index in [0.29, 0.717) is 18.3 Å². The molecule has 0 saturated heterocycles. The maximum absolute atomic E-state index is 11.9. The summed E-state index contributed by atoms with van der Waals surface area (Å²) in [6.07, 6.45) is -0.158. The lowest BCUT2D eigenvalue weighted by atomic mass is 10.3. The van der Waals surface area contributed by atoms with Crippen LogP contribution in [0.15, 0.2) is 6.07 Å². The van der Waals surface area contributed by atoms with Crippen molar-refractivity contribution in [2.45, 2.75) is 32.1 Å². The van der Waals surface area contributed by atoms with Crippen molar-refractivity contribution in [1.29, 1.82) is 0 Å². The van der Waals surface area contributed by atoms with Crippen LogP contribution >= 0.6 is 0 Å². The number of alkyl halides is 2. The van der Waals surface area contributed by atoms with Crippen LogP contribution in [0.1, 0.15) is 31.5 Å². The lowest BCUT2D eigenvalue weighted by Crippen LogP contribution is -2.14. The summed E-state index contributed by atoms with van der Waals surface area (Å²) >= 11 is 0. The Balaban J connectivity index is 1.85. The molecule has 2 rings (SSSR count). The Morgan fingerprint density at radius 2 is 2.00 bits per heavy atom. The molecule has 20 heavy (non-hydrogen) atoms. The highest BCUT2D eigenvalue weighted by molar-refractivity contribution is 5.48. The molecule has 1 fully saturated rings. The number of anilines is 2. The Labute approximate surface area is 117 Å². The summed E-state index contributed by atoms with van der Waals surface area (Å²) in [4.78, 5) is 8.90. The minimum absolute atomic E-state index is 0.226. The number of nitrogens with zero attached hydrogens (tertiary/aromatic N) is 2. The maximum atomic E-state index is 11.9. The van der Waals surface area contributed by atoms with E-state index in [4.69, 9.17) is 4.74 Å². The number of hydrogen-bond donors (Lipinski definition) is 2. The second-order valence-corrected chi connectivity index (χ2v) is 4.69. The third-order valence-corrected chi connectivity index (χ3v) is 2.84. The van der Waals surface area contributed by atoms with E-state index in [9.17, 15) is 8.78 Å². The van der Waals surface area contributed by atoms with E-state index in [1.165, 1.54) is 0 Å². The monoisotopic (exact) mass is 286 g/mol. The van der Waals surface area contributed by atoms with E-state index in [2.05, 4.69) is 20.6 Å². The van der Waals surface area contributed by atoms with Crippen molar-refractivity contribution in [3.63, 3.8) is 0 Å². The van der Waals surface area contributed by atoms with Crippen LogP contribution in [0.2, 0.25) is 0 Å². The molecule has 0 unspecified atom stereocenters. The lowest BCUT2D eigenvalue weighted by Gasteiger charge is -2.10. The zero-order valence-corrected chi connectivity index (χ0v) is 11.5. The molecule has 0 amide bonds. The van der Waals surface area contributed by atoms with Gasteiger partial charge in [0.15, 0.2) is 0 Å². The third kappa shape index (κ3) is 4.88. The van der Waals surface area contributed by atoms with Crippen molar-refractivity contribution in [3.05, 3.63) is 11.9 Å². The predicted octanol–water partition coefficient (Wildman–Crippen LogP) is 2.48. The van der Waals surface area contributed by atoms with Gasteiger partial charge in [-0.2, -0.15) is 0 Å². The Kier molecular flexibility index (Phi) is 5.46. The summed E-state index contributed by atoms with van der Waals surface area (Å²) in [6, 6.07) is 1.82. The molecule has 5 nitrogen and oxygen atoms in total. The van der Waals surface area contributed by atoms with Crippen LogP contribution in [0, 0.1) is 0 Å². The fourth-order valence-corrected chi connectivity index (χ4v) is 1.78. The van der Waals surface area contributed by atoms with Crippen LogP contribution in [0.25, 0.3) is 0 Å². The minimum atomic E-state index is -2.42. The van der Waals surface area contributed by atoms with Crippen molar-refractivity contribution < 1.29 is 13.5 Å². The first-order chi connectivity index (χ1) is 9.69. The zero-order valence-electron chi connectivity index (χ0n) is 11.5. The molecular formula is C13H20F2N4O. The standard InChI is InChI=1S/C13H20F2N4O/c1-2-16-11-7-12(17-5-6-20-8-10(14)15)19-13(18-11)9-3-4-9/h7,9-10H,2-6,8H2,1H3,(H2,16,17,18,19). The summed E-state index contributed by atoms with van der Waals surface area (Å²) < 4.78 is 28.6. The van der Waals surface area contributed by atoms with Gasteiger partial charge >= 0.3 is 0 Å². The van der Waals surface area contributed by atoms with E-state index >= 15 is 0 Å². The molecule has 1 saturated carbocycles. The van der Waals surface area contributed by atoms with Gasteiger partial charge in [0.25, 0.3) is 6.43 Å². The van der Waals surface area contributed by atoms with E-state index in [0.717, 1.165) is 31.0 Å². The first-order valence-electron chi connectivity index (χ1n) is 6.91. The summed E-state index contributed by atoms with van der Waals surface area (Å²) in [5.74, 6) is 2.81. The summed E-state index contributed by atoms with van der Waals surface area (Å²) in [7, 11) is 0. The van der Waals surface area contributed by atoms with Gasteiger partial charge < -0.3 is 15.4 Å². The molecule has 112 valence electrons. The number of aromatic nitrogens is 2. The number of rotatable bonds is 9. The van der Waals surface area contributed by atoms with Gasteiger partial charge in [0.05, 0.1) is 6.61 Å². The molecular weight excluding hydrogens is 266 g/mol. The van der Waals surface area contributed by atoms with E-state index < -0.39 is 13.0 Å². The Morgan fingerprint density at radius 1 is 1.30 bits per heavy atom. The second kappa shape index (κ2) is 7.33. The molecule has 1 aromatic rings. The van der Waals surface area contributed by atoms with Crippen molar-refractivity contribution in [2.24, 2.45) is 0 Å². The molecule has 1 aliphatic carbocycles. The van der Waals surface area contributed by atoms with Crippen LogP contribution in [0.3, 0.4) is 0 Å². The molecule has 0 aromatic carbocycles. The molecule has 0 atom stereocenters. The predicted molar refractivity (Wildman–Crippen MR) is 73.5 cm³/mol. The van der Waals surface area contributed by atoms with Gasteiger partial charge in [-0.3, -0.25) is 0 Å². The average molecular weight is 286 g/mol. The zero-order chi connectivity index (χ0) is 14.4. The van der Waals surface area contributed by atoms with Crippen LogP contribution in [-0.2, 0) is 4.74 Å². The Hall–Kier alpha value is -1.50. The smallest absolute Gasteiger partial charge is 0.261 e. The lowest BCUT2D eigenvalue weighted by molar-refractivity contribution is 0.0215. The van der Waals surface area contributed by atoms with Crippen molar-refractivity contribution in [3.8, 4) is 0 Å². The summed E-state index contributed by atoms with van der Waals surface area (Å²) in [6.45, 7) is 2.94. The molecule has 0 radical (unpaired) electrons. The highest BCUT2D eigenvalue weighted by Crippen LogP contribution is 2.38.